The molecule has 0 spiro atoms. The first-order valence-corrected chi connectivity index (χ1v) is 14.7. The number of rotatable bonds is 7. The van der Waals surface area contributed by atoms with Crippen LogP contribution in [-0.2, 0) is 13.0 Å². The molecule has 0 radical (unpaired) electrons. The fourth-order valence-corrected chi connectivity index (χ4v) is 6.10. The predicted octanol–water partition coefficient (Wildman–Crippen LogP) is 6.26. The number of likely N-dealkylation sites (tertiary alicyclic amines) is 1. The van der Waals surface area contributed by atoms with Gasteiger partial charge in [0.15, 0.2) is 0 Å². The van der Waals surface area contributed by atoms with Gasteiger partial charge in [0, 0.05) is 29.6 Å². The normalized spacial score (nSPS) is 14.4. The highest BCUT2D eigenvalue weighted by molar-refractivity contribution is 5.93. The lowest BCUT2D eigenvalue weighted by atomic mass is 10.1. The van der Waals surface area contributed by atoms with Gasteiger partial charge in [0.05, 0.1) is 27.6 Å². The Hall–Kier alpha value is -4.36. The Morgan fingerprint density at radius 3 is 2.51 bits per heavy atom. The lowest BCUT2D eigenvalue weighted by Gasteiger charge is -2.26. The van der Waals surface area contributed by atoms with Gasteiger partial charge in [-0.15, -0.1) is 0 Å². The van der Waals surface area contributed by atoms with Gasteiger partial charge in [-0.05, 0) is 87.8 Å². The molecule has 0 aliphatic carbocycles. The molecule has 1 aliphatic rings. The lowest BCUT2D eigenvalue weighted by Crippen LogP contribution is -2.31. The van der Waals surface area contributed by atoms with Gasteiger partial charge < -0.3 is 14.5 Å². The zero-order valence-corrected chi connectivity index (χ0v) is 23.4. The van der Waals surface area contributed by atoms with Crippen LogP contribution >= 0.6 is 0 Å². The molecule has 0 unspecified atom stereocenters. The van der Waals surface area contributed by atoms with Gasteiger partial charge in [0.1, 0.15) is 11.5 Å². The summed E-state index contributed by atoms with van der Waals surface area (Å²) in [6.45, 7) is 6.35. The minimum atomic E-state index is -0.154. The molecule has 4 heterocycles. The summed E-state index contributed by atoms with van der Waals surface area (Å²) in [6.07, 6.45) is 5.48. The molecular formula is C34H34N6O. The fourth-order valence-electron chi connectivity index (χ4n) is 6.10. The van der Waals surface area contributed by atoms with Gasteiger partial charge in [0.25, 0.3) is 5.56 Å². The van der Waals surface area contributed by atoms with E-state index in [0.717, 1.165) is 69.6 Å². The number of H-pyrrole nitrogens is 1. The average molecular weight is 543 g/mol. The highest BCUT2D eigenvalue weighted by Gasteiger charge is 2.17. The third-order valence-corrected chi connectivity index (χ3v) is 8.24. The number of nitrogens with zero attached hydrogens (tertiary/aromatic N) is 5. The standard InChI is InChI=1S/C34H34N6O/c1-23-11-12-25-20-26(13-14-27(25)35-23)33-37-30-21-28-29(36-31(34(41)38-28)19-24-9-4-2-5-10-24)22-32(30)40(33)18-8-17-39-15-6-3-7-16-39/h2,4-5,9-14,20-22H,3,6-8,15-19H2,1H3,(H,38,41). The largest absolute Gasteiger partial charge is 0.324 e. The zero-order chi connectivity index (χ0) is 27.8. The number of nitrogens with one attached hydrogen (secondary N) is 1. The van der Waals surface area contributed by atoms with E-state index in [1.807, 2.05) is 43.3 Å². The van der Waals surface area contributed by atoms with Crippen LogP contribution in [0.1, 0.15) is 42.6 Å². The Morgan fingerprint density at radius 2 is 1.66 bits per heavy atom. The summed E-state index contributed by atoms with van der Waals surface area (Å²) in [5.41, 5.74) is 7.89. The number of hydrogen-bond acceptors (Lipinski definition) is 5. The minimum absolute atomic E-state index is 0.154. The summed E-state index contributed by atoms with van der Waals surface area (Å²) in [5, 5.41) is 1.10. The van der Waals surface area contributed by atoms with Crippen LogP contribution in [0.4, 0.5) is 0 Å². The van der Waals surface area contributed by atoms with Crippen LogP contribution in [0.25, 0.3) is 44.4 Å². The molecule has 0 atom stereocenters. The molecule has 3 aromatic carbocycles. The van der Waals surface area contributed by atoms with Crippen molar-refractivity contribution in [3.8, 4) is 11.4 Å². The van der Waals surface area contributed by atoms with Crippen molar-refractivity contribution in [2.75, 3.05) is 19.6 Å². The zero-order valence-electron chi connectivity index (χ0n) is 23.4. The molecule has 1 aliphatic heterocycles. The van der Waals surface area contributed by atoms with Crippen LogP contribution in [0.3, 0.4) is 0 Å². The molecule has 6 aromatic rings. The molecule has 7 nitrogen and oxygen atoms in total. The van der Waals surface area contributed by atoms with Crippen molar-refractivity contribution >= 4 is 33.0 Å². The number of aryl methyl sites for hydroxylation is 2. The summed E-state index contributed by atoms with van der Waals surface area (Å²) in [6, 6.07) is 24.6. The molecule has 1 N–H and O–H groups in total. The lowest BCUT2D eigenvalue weighted by molar-refractivity contribution is 0.223. The molecule has 0 bridgehead atoms. The highest BCUT2D eigenvalue weighted by Crippen LogP contribution is 2.30. The molecular weight excluding hydrogens is 508 g/mol. The first kappa shape index (κ1) is 25.6. The van der Waals surface area contributed by atoms with E-state index < -0.39 is 0 Å². The molecule has 0 amide bonds. The van der Waals surface area contributed by atoms with Crippen molar-refractivity contribution in [1.82, 2.24) is 29.4 Å². The van der Waals surface area contributed by atoms with Crippen LogP contribution in [-0.4, -0.2) is 49.0 Å². The summed E-state index contributed by atoms with van der Waals surface area (Å²) in [5.74, 6) is 0.934. The van der Waals surface area contributed by atoms with Crippen molar-refractivity contribution in [2.24, 2.45) is 0 Å². The topological polar surface area (TPSA) is 79.7 Å². The number of fused-ring (bicyclic) bond motifs is 3. The number of aromatic amines is 1. The summed E-state index contributed by atoms with van der Waals surface area (Å²) in [4.78, 5) is 33.3. The number of pyridine rings is 1. The second-order valence-corrected chi connectivity index (χ2v) is 11.2. The van der Waals surface area contributed by atoms with Gasteiger partial charge in [-0.2, -0.15) is 0 Å². The van der Waals surface area contributed by atoms with E-state index >= 15 is 0 Å². The second kappa shape index (κ2) is 10.9. The molecule has 0 saturated carbocycles. The van der Waals surface area contributed by atoms with Crippen molar-refractivity contribution in [3.63, 3.8) is 0 Å². The SMILES string of the molecule is Cc1ccc2cc(-c3nc4cc5[nH]c(=O)c(Cc6ccccc6)nc5cc4n3CCCN3CCCCC3)ccc2n1. The molecule has 7 rings (SSSR count). The maximum Gasteiger partial charge on any atom is 0.270 e. The van der Waals surface area contributed by atoms with Gasteiger partial charge in [0.2, 0.25) is 0 Å². The predicted molar refractivity (Wildman–Crippen MR) is 165 cm³/mol. The van der Waals surface area contributed by atoms with E-state index in [1.165, 1.54) is 32.4 Å². The Labute approximate surface area is 238 Å². The Morgan fingerprint density at radius 1 is 0.805 bits per heavy atom. The van der Waals surface area contributed by atoms with Gasteiger partial charge in [-0.25, -0.2) is 9.97 Å². The van der Waals surface area contributed by atoms with Crippen molar-refractivity contribution in [2.45, 2.75) is 45.6 Å². The number of aromatic nitrogens is 5. The quantitative estimate of drug-likeness (QED) is 0.257. The van der Waals surface area contributed by atoms with Crippen LogP contribution in [0.5, 0.6) is 0 Å². The number of piperidine rings is 1. The van der Waals surface area contributed by atoms with Crippen molar-refractivity contribution in [3.05, 3.63) is 100 Å². The maximum absolute atomic E-state index is 13.0. The second-order valence-electron chi connectivity index (χ2n) is 11.2. The molecule has 1 saturated heterocycles. The third-order valence-electron chi connectivity index (χ3n) is 8.24. The third kappa shape index (κ3) is 5.25. The van der Waals surface area contributed by atoms with Crippen molar-refractivity contribution < 1.29 is 0 Å². The van der Waals surface area contributed by atoms with Crippen LogP contribution in [0, 0.1) is 6.92 Å². The van der Waals surface area contributed by atoms with Gasteiger partial charge >= 0.3 is 0 Å². The van der Waals surface area contributed by atoms with E-state index in [4.69, 9.17) is 9.97 Å². The fraction of sp³-hybridized carbons (Fsp3) is 0.294. The monoisotopic (exact) mass is 542 g/mol. The molecule has 41 heavy (non-hydrogen) atoms. The van der Waals surface area contributed by atoms with E-state index in [9.17, 15) is 4.79 Å². The van der Waals surface area contributed by atoms with Crippen molar-refractivity contribution in [1.29, 1.82) is 0 Å². The van der Waals surface area contributed by atoms with E-state index in [1.54, 1.807) is 0 Å². The summed E-state index contributed by atoms with van der Waals surface area (Å²) >= 11 is 0. The van der Waals surface area contributed by atoms with Gasteiger partial charge in [-0.1, -0.05) is 42.8 Å². The first-order chi connectivity index (χ1) is 20.1. The Balaban J connectivity index is 1.31. The smallest absolute Gasteiger partial charge is 0.270 e. The van der Waals surface area contributed by atoms with Crippen LogP contribution < -0.4 is 5.56 Å². The minimum Gasteiger partial charge on any atom is -0.324 e. The molecule has 1 fully saturated rings. The van der Waals surface area contributed by atoms with Gasteiger partial charge in [-0.3, -0.25) is 9.78 Å². The molecule has 206 valence electrons. The molecule has 3 aromatic heterocycles. The molecule has 7 heteroatoms. The van der Waals surface area contributed by atoms with E-state index in [2.05, 4.69) is 55.8 Å². The first-order valence-electron chi connectivity index (χ1n) is 14.7. The van der Waals surface area contributed by atoms with E-state index in [-0.39, 0.29) is 5.56 Å². The van der Waals surface area contributed by atoms with Crippen LogP contribution in [0.2, 0.25) is 0 Å². The number of hydrogen-bond donors (Lipinski definition) is 1. The highest BCUT2D eigenvalue weighted by atomic mass is 16.1. The Kier molecular flexibility index (Phi) is 6.80. The summed E-state index contributed by atoms with van der Waals surface area (Å²) < 4.78 is 2.34. The number of imidazole rings is 1. The maximum atomic E-state index is 13.0. The number of benzene rings is 3. The summed E-state index contributed by atoms with van der Waals surface area (Å²) in [7, 11) is 0. The Bertz CT molecular complexity index is 1920. The van der Waals surface area contributed by atoms with Crippen LogP contribution in [0.15, 0.2) is 77.6 Å². The average Bonchev–Trinajstić information content (AvgIpc) is 3.34. The van der Waals surface area contributed by atoms with E-state index in [0.29, 0.717) is 17.6 Å².